The summed E-state index contributed by atoms with van der Waals surface area (Å²) >= 11 is 5.84. The molecule has 1 unspecified atom stereocenters. The first-order chi connectivity index (χ1) is 11.2. The van der Waals surface area contributed by atoms with Crippen molar-refractivity contribution < 1.29 is 18.4 Å². The first-order valence-corrected chi connectivity index (χ1v) is 8.57. The van der Waals surface area contributed by atoms with E-state index in [2.05, 4.69) is 0 Å². The Kier molecular flexibility index (Phi) is 6.21. The summed E-state index contributed by atoms with van der Waals surface area (Å²) in [6.07, 6.45) is -1.30. The highest BCUT2D eigenvalue weighted by molar-refractivity contribution is 6.30. The van der Waals surface area contributed by atoms with Gasteiger partial charge in [-0.3, -0.25) is 0 Å². The molecule has 0 saturated carbocycles. The average molecular weight is 360 g/mol. The molecule has 1 aliphatic heterocycles. The third-order valence-electron chi connectivity index (χ3n) is 4.36. The van der Waals surface area contributed by atoms with Crippen molar-refractivity contribution in [2.24, 2.45) is 11.3 Å². The Balaban J connectivity index is 1.98. The van der Waals surface area contributed by atoms with Crippen molar-refractivity contribution in [3.63, 3.8) is 0 Å². The zero-order valence-electron chi connectivity index (χ0n) is 14.3. The van der Waals surface area contributed by atoms with Crippen LogP contribution in [0.3, 0.4) is 0 Å². The number of carbonyl (C=O) groups excluding carboxylic acids is 1. The molecule has 1 atom stereocenters. The minimum absolute atomic E-state index is 0.143. The van der Waals surface area contributed by atoms with E-state index in [1.54, 1.807) is 50.1 Å². The number of carbonyl (C=O) groups is 1. The molecule has 0 radical (unpaired) electrons. The van der Waals surface area contributed by atoms with E-state index in [1.807, 2.05) is 0 Å². The molecule has 0 aromatic heterocycles. The average Bonchev–Trinajstić information content (AvgIpc) is 2.50. The summed E-state index contributed by atoms with van der Waals surface area (Å²) < 4.78 is 27.2. The van der Waals surface area contributed by atoms with Crippen molar-refractivity contribution >= 4 is 17.6 Å². The molecule has 2 rings (SSSR count). The van der Waals surface area contributed by atoms with Gasteiger partial charge in [0.1, 0.15) is 0 Å². The van der Waals surface area contributed by atoms with Gasteiger partial charge in [-0.1, -0.05) is 23.7 Å². The predicted octanol–water partition coefficient (Wildman–Crippen LogP) is 4.91. The summed E-state index contributed by atoms with van der Waals surface area (Å²) in [6.45, 7) is 6.31. The van der Waals surface area contributed by atoms with Gasteiger partial charge in [-0.25, -0.2) is 13.6 Å². The molecule has 0 aliphatic carbocycles. The highest BCUT2D eigenvalue weighted by Gasteiger charge is 2.35. The van der Waals surface area contributed by atoms with E-state index < -0.39 is 17.8 Å². The van der Waals surface area contributed by atoms with Crippen LogP contribution in [0.25, 0.3) is 0 Å². The maximum atomic E-state index is 13.6. The number of benzene rings is 1. The lowest BCUT2D eigenvalue weighted by Gasteiger charge is -2.35. The molecule has 0 bridgehead atoms. The van der Waals surface area contributed by atoms with Gasteiger partial charge in [0, 0.05) is 24.0 Å². The van der Waals surface area contributed by atoms with Crippen LogP contribution in [-0.2, 0) is 9.63 Å². The Labute approximate surface area is 146 Å². The second-order valence-electron chi connectivity index (χ2n) is 7.31. The number of hydroxylamine groups is 2. The number of halogens is 3. The van der Waals surface area contributed by atoms with Crippen molar-refractivity contribution in [1.29, 1.82) is 0 Å². The van der Waals surface area contributed by atoms with Crippen LogP contribution in [0.15, 0.2) is 24.3 Å². The minimum Gasteiger partial charge on any atom is -0.367 e. The third kappa shape index (κ3) is 4.90. The first kappa shape index (κ1) is 19.1. The largest absolute Gasteiger partial charge is 0.367 e. The van der Waals surface area contributed by atoms with Gasteiger partial charge in [0.05, 0.1) is 5.41 Å². The molecule has 3 nitrogen and oxygen atoms in total. The van der Waals surface area contributed by atoms with Crippen molar-refractivity contribution in [2.45, 2.75) is 46.0 Å². The van der Waals surface area contributed by atoms with E-state index in [9.17, 15) is 13.6 Å². The van der Waals surface area contributed by atoms with Gasteiger partial charge in [-0.15, -0.1) is 5.06 Å². The third-order valence-corrected chi connectivity index (χ3v) is 4.61. The number of hydrogen-bond donors (Lipinski definition) is 0. The summed E-state index contributed by atoms with van der Waals surface area (Å²) in [5.41, 5.74) is 0.0330. The number of nitrogens with zero attached hydrogens (tertiary/aromatic N) is 1. The Bertz CT molecular complexity index is 549. The van der Waals surface area contributed by atoms with Crippen LogP contribution in [0.1, 0.15) is 45.1 Å². The van der Waals surface area contributed by atoms with E-state index in [4.69, 9.17) is 16.4 Å². The molecule has 1 saturated heterocycles. The fourth-order valence-electron chi connectivity index (χ4n) is 2.89. The number of piperidine rings is 1. The minimum atomic E-state index is -2.43. The monoisotopic (exact) mass is 359 g/mol. The van der Waals surface area contributed by atoms with Crippen LogP contribution in [0.2, 0.25) is 5.02 Å². The van der Waals surface area contributed by atoms with Gasteiger partial charge < -0.3 is 4.84 Å². The van der Waals surface area contributed by atoms with Crippen LogP contribution in [0.5, 0.6) is 0 Å². The van der Waals surface area contributed by atoms with Gasteiger partial charge in [-0.2, -0.15) is 0 Å². The van der Waals surface area contributed by atoms with Crippen LogP contribution in [0.4, 0.5) is 8.78 Å². The lowest BCUT2D eigenvalue weighted by Crippen LogP contribution is -2.40. The molecule has 1 fully saturated rings. The molecule has 24 heavy (non-hydrogen) atoms. The van der Waals surface area contributed by atoms with Crippen LogP contribution < -0.4 is 0 Å². The van der Waals surface area contributed by atoms with Gasteiger partial charge in [0.2, 0.25) is 6.43 Å². The molecule has 6 heteroatoms. The number of hydrogen-bond acceptors (Lipinski definition) is 3. The van der Waals surface area contributed by atoms with Crippen LogP contribution in [-0.4, -0.2) is 30.5 Å². The molecule has 0 amide bonds. The maximum absolute atomic E-state index is 13.6. The van der Waals surface area contributed by atoms with E-state index in [0.717, 1.165) is 0 Å². The molecule has 1 aromatic rings. The molecule has 1 aromatic carbocycles. The van der Waals surface area contributed by atoms with Crippen molar-refractivity contribution in [3.05, 3.63) is 34.9 Å². The predicted molar refractivity (Wildman–Crippen MR) is 90.0 cm³/mol. The molecular weight excluding hydrogens is 336 g/mol. The van der Waals surface area contributed by atoms with Crippen molar-refractivity contribution in [2.75, 3.05) is 13.1 Å². The molecule has 0 spiro atoms. The summed E-state index contributed by atoms with van der Waals surface area (Å²) in [5, 5.41) is 2.13. The number of alkyl halides is 2. The highest BCUT2D eigenvalue weighted by Crippen LogP contribution is 2.37. The summed E-state index contributed by atoms with van der Waals surface area (Å²) in [6, 6.07) is 6.63. The van der Waals surface area contributed by atoms with Crippen molar-refractivity contribution in [1.82, 2.24) is 5.06 Å². The quantitative estimate of drug-likeness (QED) is 0.765. The standard InChI is InChI=1S/C18H24ClF2NO2/c1-18(2,3)17(23)24-22-10-8-13(9-11-22)15(16(20)21)12-4-6-14(19)7-5-12/h4-7,13,15-16H,8-11H2,1-3H3. The molecule has 1 heterocycles. The second kappa shape index (κ2) is 7.79. The summed E-state index contributed by atoms with van der Waals surface area (Å²) in [5.74, 6) is -1.26. The maximum Gasteiger partial charge on any atom is 0.330 e. The summed E-state index contributed by atoms with van der Waals surface area (Å²) in [7, 11) is 0. The van der Waals surface area contributed by atoms with E-state index in [-0.39, 0.29) is 11.9 Å². The van der Waals surface area contributed by atoms with Crippen molar-refractivity contribution in [3.8, 4) is 0 Å². The van der Waals surface area contributed by atoms with E-state index in [1.165, 1.54) is 0 Å². The Hall–Kier alpha value is -1.20. The highest BCUT2D eigenvalue weighted by atomic mass is 35.5. The van der Waals surface area contributed by atoms with Crippen LogP contribution >= 0.6 is 11.6 Å². The molecule has 0 N–H and O–H groups in total. The Morgan fingerprint density at radius 3 is 2.21 bits per heavy atom. The Morgan fingerprint density at radius 1 is 1.21 bits per heavy atom. The second-order valence-corrected chi connectivity index (χ2v) is 7.74. The molecule has 1 aliphatic rings. The molecular formula is C18H24ClF2NO2. The SMILES string of the molecule is CC(C)(C)C(=O)ON1CCC(C(c2ccc(Cl)cc2)C(F)F)CC1. The normalized spacial score (nSPS) is 18.6. The zero-order valence-corrected chi connectivity index (χ0v) is 15.0. The van der Waals surface area contributed by atoms with E-state index >= 15 is 0 Å². The van der Waals surface area contributed by atoms with Crippen LogP contribution in [0, 0.1) is 11.3 Å². The lowest BCUT2D eigenvalue weighted by atomic mass is 9.80. The molecule has 134 valence electrons. The van der Waals surface area contributed by atoms with E-state index in [0.29, 0.717) is 36.5 Å². The fraction of sp³-hybridized carbons (Fsp3) is 0.611. The smallest absolute Gasteiger partial charge is 0.330 e. The Morgan fingerprint density at radius 2 is 1.75 bits per heavy atom. The first-order valence-electron chi connectivity index (χ1n) is 8.19. The number of rotatable bonds is 4. The topological polar surface area (TPSA) is 29.5 Å². The fourth-order valence-corrected chi connectivity index (χ4v) is 3.01. The van der Waals surface area contributed by atoms with Gasteiger partial charge in [-0.05, 0) is 57.2 Å². The van der Waals surface area contributed by atoms with Gasteiger partial charge in [0.15, 0.2) is 0 Å². The lowest BCUT2D eigenvalue weighted by molar-refractivity contribution is -0.207. The zero-order chi connectivity index (χ0) is 17.9. The summed E-state index contributed by atoms with van der Waals surface area (Å²) in [4.78, 5) is 17.3. The van der Waals surface area contributed by atoms with Gasteiger partial charge >= 0.3 is 5.97 Å². The van der Waals surface area contributed by atoms with Gasteiger partial charge in [0.25, 0.3) is 0 Å².